The number of aromatic nitrogens is 1. The Kier molecular flexibility index (Phi) is 6.92. The Morgan fingerprint density at radius 3 is 2.35 bits per heavy atom. The van der Waals surface area contributed by atoms with Crippen molar-refractivity contribution in [1.29, 1.82) is 0 Å². The number of fused-ring (bicyclic) bond motifs is 3. The fraction of sp³-hybridized carbons (Fsp3) is 0.154. The van der Waals surface area contributed by atoms with Gasteiger partial charge in [0.15, 0.2) is 4.80 Å². The van der Waals surface area contributed by atoms with E-state index in [-0.39, 0.29) is 18.0 Å². The lowest BCUT2D eigenvalue weighted by Gasteiger charge is -2.19. The molecule has 174 valence electrons. The molecule has 0 aliphatic rings. The number of rotatable bonds is 8. The topological polar surface area (TPSA) is 71.7 Å². The Morgan fingerprint density at radius 2 is 1.71 bits per heavy atom. The van der Waals surface area contributed by atoms with Gasteiger partial charge in [-0.25, -0.2) is 8.42 Å². The molecule has 0 aliphatic heterocycles. The highest BCUT2D eigenvalue weighted by atomic mass is 32.2. The molecule has 6 nitrogen and oxygen atoms in total. The van der Waals surface area contributed by atoms with E-state index in [4.69, 9.17) is 0 Å². The Bertz CT molecular complexity index is 1550. The molecule has 1 heterocycles. The molecular formula is C26H25N3O3S2. The maximum Gasteiger partial charge on any atom is 0.279 e. The first kappa shape index (κ1) is 23.8. The molecule has 0 saturated carbocycles. The Labute approximate surface area is 202 Å². The molecule has 1 aromatic heterocycles. The molecule has 4 rings (SSSR count). The summed E-state index contributed by atoms with van der Waals surface area (Å²) < 4.78 is 30.2. The van der Waals surface area contributed by atoms with Gasteiger partial charge < -0.3 is 4.57 Å². The van der Waals surface area contributed by atoms with Crippen molar-refractivity contribution in [2.75, 3.05) is 13.1 Å². The SMILES string of the molecule is C=CCN(CC=C)S(=O)(=O)c1ccc(C(=O)N=c2sc3ccc4ccccc4c3n2CC)cc1. The quantitative estimate of drug-likeness (QED) is 0.326. The van der Waals surface area contributed by atoms with Crippen molar-refractivity contribution in [3.63, 3.8) is 0 Å². The molecule has 0 radical (unpaired) electrons. The van der Waals surface area contributed by atoms with Crippen LogP contribution in [0.3, 0.4) is 0 Å². The number of sulfonamides is 1. The molecule has 0 fully saturated rings. The van der Waals surface area contributed by atoms with E-state index in [1.165, 1.54) is 52.1 Å². The summed E-state index contributed by atoms with van der Waals surface area (Å²) in [6, 6.07) is 18.1. The first-order chi connectivity index (χ1) is 16.4. The van der Waals surface area contributed by atoms with Gasteiger partial charge >= 0.3 is 0 Å². The zero-order chi connectivity index (χ0) is 24.3. The molecule has 0 N–H and O–H groups in total. The van der Waals surface area contributed by atoms with Gasteiger partial charge in [-0.1, -0.05) is 53.8 Å². The smallest absolute Gasteiger partial charge is 0.279 e. The second-order valence-corrected chi connectivity index (χ2v) is 10.6. The number of benzene rings is 3. The van der Waals surface area contributed by atoms with Crippen molar-refractivity contribution in [2.45, 2.75) is 18.4 Å². The van der Waals surface area contributed by atoms with Crippen molar-refractivity contribution < 1.29 is 13.2 Å². The molecular weight excluding hydrogens is 466 g/mol. The number of nitrogens with zero attached hydrogens (tertiary/aromatic N) is 3. The first-order valence-electron chi connectivity index (χ1n) is 10.8. The number of amides is 1. The molecule has 8 heteroatoms. The molecule has 0 atom stereocenters. The van der Waals surface area contributed by atoms with Crippen LogP contribution in [0.1, 0.15) is 17.3 Å². The van der Waals surface area contributed by atoms with Crippen molar-refractivity contribution >= 4 is 48.3 Å². The zero-order valence-corrected chi connectivity index (χ0v) is 20.5. The Balaban J connectivity index is 1.72. The summed E-state index contributed by atoms with van der Waals surface area (Å²) in [5, 5.41) is 2.25. The molecule has 0 bridgehead atoms. The molecule has 4 aromatic rings. The normalized spacial score (nSPS) is 12.5. The summed E-state index contributed by atoms with van der Waals surface area (Å²) in [7, 11) is -3.73. The van der Waals surface area contributed by atoms with E-state index >= 15 is 0 Å². The average molecular weight is 492 g/mol. The lowest BCUT2D eigenvalue weighted by molar-refractivity contribution is 0.0997. The van der Waals surface area contributed by atoms with Crippen LogP contribution in [0.2, 0.25) is 0 Å². The third-order valence-electron chi connectivity index (χ3n) is 5.48. The van der Waals surface area contributed by atoms with Crippen molar-refractivity contribution in [2.24, 2.45) is 4.99 Å². The van der Waals surface area contributed by atoms with E-state index in [2.05, 4.69) is 42.4 Å². The summed E-state index contributed by atoms with van der Waals surface area (Å²) in [4.78, 5) is 18.1. The van der Waals surface area contributed by atoms with Crippen LogP contribution in [0, 0.1) is 0 Å². The highest BCUT2D eigenvalue weighted by Crippen LogP contribution is 2.27. The minimum Gasteiger partial charge on any atom is -0.316 e. The molecule has 3 aromatic carbocycles. The van der Waals surface area contributed by atoms with E-state index < -0.39 is 15.9 Å². The lowest BCUT2D eigenvalue weighted by Crippen LogP contribution is -2.31. The monoisotopic (exact) mass is 491 g/mol. The zero-order valence-electron chi connectivity index (χ0n) is 18.8. The van der Waals surface area contributed by atoms with Gasteiger partial charge in [0, 0.05) is 30.6 Å². The summed E-state index contributed by atoms with van der Waals surface area (Å²) in [6.07, 6.45) is 3.05. The second-order valence-electron chi connectivity index (χ2n) is 7.60. The van der Waals surface area contributed by atoms with E-state index in [1.807, 2.05) is 23.6 Å². The number of hydrogen-bond acceptors (Lipinski definition) is 4. The summed E-state index contributed by atoms with van der Waals surface area (Å²) in [5.41, 5.74) is 1.38. The maximum absolute atomic E-state index is 13.0. The van der Waals surface area contributed by atoms with E-state index in [0.29, 0.717) is 16.9 Å². The van der Waals surface area contributed by atoms with E-state index in [9.17, 15) is 13.2 Å². The van der Waals surface area contributed by atoms with Crippen LogP contribution in [-0.4, -0.2) is 36.3 Å². The van der Waals surface area contributed by atoms with Crippen LogP contribution in [-0.2, 0) is 16.6 Å². The molecule has 1 amide bonds. The van der Waals surface area contributed by atoms with Gasteiger partial charge in [0.05, 0.1) is 15.1 Å². The first-order valence-corrected chi connectivity index (χ1v) is 13.1. The largest absolute Gasteiger partial charge is 0.316 e. The van der Waals surface area contributed by atoms with Crippen LogP contribution < -0.4 is 4.80 Å². The molecule has 0 saturated heterocycles. The van der Waals surface area contributed by atoms with E-state index in [0.717, 1.165) is 21.0 Å². The number of aryl methyl sites for hydroxylation is 1. The minimum absolute atomic E-state index is 0.102. The van der Waals surface area contributed by atoms with Gasteiger partial charge in [-0.3, -0.25) is 4.79 Å². The minimum atomic E-state index is -3.73. The summed E-state index contributed by atoms with van der Waals surface area (Å²) in [6.45, 7) is 10.3. The van der Waals surface area contributed by atoms with Gasteiger partial charge in [-0.2, -0.15) is 9.30 Å². The van der Waals surface area contributed by atoms with Crippen LogP contribution in [0.5, 0.6) is 0 Å². The maximum atomic E-state index is 13.0. The predicted molar refractivity (Wildman–Crippen MR) is 138 cm³/mol. The van der Waals surface area contributed by atoms with Crippen LogP contribution in [0.15, 0.2) is 95.9 Å². The van der Waals surface area contributed by atoms with Crippen LogP contribution in [0.25, 0.3) is 21.0 Å². The van der Waals surface area contributed by atoms with Gasteiger partial charge in [0.25, 0.3) is 5.91 Å². The fourth-order valence-electron chi connectivity index (χ4n) is 3.85. The summed E-state index contributed by atoms with van der Waals surface area (Å²) in [5.74, 6) is -0.420. The van der Waals surface area contributed by atoms with Crippen molar-refractivity contribution in [1.82, 2.24) is 8.87 Å². The molecule has 0 spiro atoms. The number of carbonyl (C=O) groups is 1. The van der Waals surface area contributed by atoms with Gasteiger partial charge in [-0.15, -0.1) is 13.2 Å². The average Bonchev–Trinajstić information content (AvgIpc) is 3.21. The fourth-order valence-corrected chi connectivity index (χ4v) is 6.34. The lowest BCUT2D eigenvalue weighted by atomic mass is 10.1. The molecule has 34 heavy (non-hydrogen) atoms. The van der Waals surface area contributed by atoms with Gasteiger partial charge in [0.1, 0.15) is 0 Å². The number of hydrogen-bond donors (Lipinski definition) is 0. The van der Waals surface area contributed by atoms with Crippen LogP contribution in [0.4, 0.5) is 0 Å². The van der Waals surface area contributed by atoms with Crippen molar-refractivity contribution in [3.05, 3.63) is 96.3 Å². The van der Waals surface area contributed by atoms with E-state index in [1.54, 1.807) is 0 Å². The highest BCUT2D eigenvalue weighted by Gasteiger charge is 2.22. The Hall–Kier alpha value is -3.33. The number of carbonyl (C=O) groups excluding carboxylic acids is 1. The van der Waals surface area contributed by atoms with Crippen molar-refractivity contribution in [3.8, 4) is 0 Å². The molecule has 0 unspecified atom stereocenters. The molecule has 0 aliphatic carbocycles. The Morgan fingerprint density at radius 1 is 1.03 bits per heavy atom. The third-order valence-corrected chi connectivity index (χ3v) is 8.37. The van der Waals surface area contributed by atoms with Gasteiger partial charge in [0.2, 0.25) is 10.0 Å². The van der Waals surface area contributed by atoms with Crippen LogP contribution >= 0.6 is 11.3 Å². The third kappa shape index (κ3) is 4.40. The standard InChI is InChI=1S/C26H25N3O3S2/c1-4-17-28(18-5-2)34(31,32)21-14-11-20(12-15-21)25(30)27-26-29(6-3)24-22-10-8-7-9-19(22)13-16-23(24)33-26/h4-5,7-16H,1-2,6,17-18H2,3H3. The highest BCUT2D eigenvalue weighted by molar-refractivity contribution is 7.89. The number of thiazole rings is 1. The summed E-state index contributed by atoms with van der Waals surface area (Å²) >= 11 is 1.46. The van der Waals surface area contributed by atoms with Gasteiger partial charge in [-0.05, 0) is 42.6 Å². The predicted octanol–water partition coefficient (Wildman–Crippen LogP) is 4.98. The second kappa shape index (κ2) is 9.89.